The molecule has 0 spiro atoms. The second kappa shape index (κ2) is 3.34. The van der Waals surface area contributed by atoms with Crippen molar-refractivity contribution in [2.45, 2.75) is 32.2 Å². The van der Waals surface area contributed by atoms with Gasteiger partial charge in [-0.05, 0) is 41.8 Å². The molecule has 80 valence electrons. The lowest BCUT2D eigenvalue weighted by molar-refractivity contribution is 0.532. The number of hydrogen-bond donors (Lipinski definition) is 1. The molecule has 3 unspecified atom stereocenters. The van der Waals surface area contributed by atoms with Crippen LogP contribution in [0.25, 0.3) is 0 Å². The Labute approximate surface area is 91.9 Å². The van der Waals surface area contributed by atoms with Crippen LogP contribution in [0.1, 0.15) is 30.9 Å². The summed E-state index contributed by atoms with van der Waals surface area (Å²) < 4.78 is 0. The van der Waals surface area contributed by atoms with Gasteiger partial charge in [-0.2, -0.15) is 0 Å². The standard InChI is InChI=1S/C14H19N/c1-9(2)15-8-13-12-7-10-5-3-4-6-11(10)14(12)13/h3-6,9,12-15H,7-8H2,1-2H3. The van der Waals surface area contributed by atoms with Crippen molar-refractivity contribution in [3.8, 4) is 0 Å². The summed E-state index contributed by atoms with van der Waals surface area (Å²) >= 11 is 0. The van der Waals surface area contributed by atoms with E-state index in [2.05, 4.69) is 43.4 Å². The fourth-order valence-corrected chi connectivity index (χ4v) is 3.13. The van der Waals surface area contributed by atoms with Crippen LogP contribution in [0, 0.1) is 11.8 Å². The minimum Gasteiger partial charge on any atom is -0.314 e. The molecule has 1 saturated carbocycles. The number of fused-ring (bicyclic) bond motifs is 3. The minimum atomic E-state index is 0.626. The first kappa shape index (κ1) is 9.41. The van der Waals surface area contributed by atoms with Gasteiger partial charge in [0.15, 0.2) is 0 Å². The van der Waals surface area contributed by atoms with Gasteiger partial charge < -0.3 is 5.32 Å². The molecule has 0 amide bonds. The lowest BCUT2D eigenvalue weighted by Gasteiger charge is -2.10. The normalized spacial score (nSPS) is 31.5. The Morgan fingerprint density at radius 1 is 1.33 bits per heavy atom. The van der Waals surface area contributed by atoms with Crippen LogP contribution in [0.4, 0.5) is 0 Å². The number of nitrogens with one attached hydrogen (secondary N) is 1. The van der Waals surface area contributed by atoms with Gasteiger partial charge in [-0.3, -0.25) is 0 Å². The SMILES string of the molecule is CC(C)NCC1C2Cc3ccccc3C12. The maximum atomic E-state index is 3.57. The molecule has 1 aromatic rings. The fourth-order valence-electron chi connectivity index (χ4n) is 3.13. The molecule has 2 aliphatic carbocycles. The first-order valence-corrected chi connectivity index (χ1v) is 6.08. The lowest BCUT2D eigenvalue weighted by Crippen LogP contribution is -2.26. The van der Waals surface area contributed by atoms with Gasteiger partial charge in [0.1, 0.15) is 0 Å². The van der Waals surface area contributed by atoms with E-state index >= 15 is 0 Å². The van der Waals surface area contributed by atoms with E-state index in [0.29, 0.717) is 6.04 Å². The lowest BCUT2D eigenvalue weighted by atomic mass is 10.0. The van der Waals surface area contributed by atoms with Crippen LogP contribution in [0.2, 0.25) is 0 Å². The van der Waals surface area contributed by atoms with E-state index < -0.39 is 0 Å². The van der Waals surface area contributed by atoms with Gasteiger partial charge in [-0.25, -0.2) is 0 Å². The van der Waals surface area contributed by atoms with Gasteiger partial charge in [-0.15, -0.1) is 0 Å². The number of hydrogen-bond acceptors (Lipinski definition) is 1. The monoisotopic (exact) mass is 201 g/mol. The zero-order valence-electron chi connectivity index (χ0n) is 9.53. The zero-order chi connectivity index (χ0) is 10.4. The molecule has 0 saturated heterocycles. The molecular formula is C14H19N. The first-order chi connectivity index (χ1) is 7.27. The molecule has 0 heterocycles. The molecule has 1 fully saturated rings. The summed E-state index contributed by atoms with van der Waals surface area (Å²) in [7, 11) is 0. The van der Waals surface area contributed by atoms with Gasteiger partial charge in [0.2, 0.25) is 0 Å². The third-order valence-corrected chi connectivity index (χ3v) is 3.96. The van der Waals surface area contributed by atoms with E-state index in [1.165, 1.54) is 13.0 Å². The molecule has 3 rings (SSSR count). The smallest absolute Gasteiger partial charge is 0.00104 e. The molecule has 15 heavy (non-hydrogen) atoms. The largest absolute Gasteiger partial charge is 0.314 e. The summed E-state index contributed by atoms with van der Waals surface area (Å²) in [6.07, 6.45) is 1.32. The van der Waals surface area contributed by atoms with E-state index in [-0.39, 0.29) is 0 Å². The highest BCUT2D eigenvalue weighted by molar-refractivity contribution is 5.43. The van der Waals surface area contributed by atoms with Crippen molar-refractivity contribution in [2.75, 3.05) is 6.54 Å². The molecular weight excluding hydrogens is 182 g/mol. The topological polar surface area (TPSA) is 12.0 Å². The van der Waals surface area contributed by atoms with E-state index in [1.807, 2.05) is 0 Å². The first-order valence-electron chi connectivity index (χ1n) is 6.08. The quantitative estimate of drug-likeness (QED) is 0.792. The van der Waals surface area contributed by atoms with E-state index in [4.69, 9.17) is 0 Å². The van der Waals surface area contributed by atoms with Crippen molar-refractivity contribution < 1.29 is 0 Å². The average molecular weight is 201 g/mol. The minimum absolute atomic E-state index is 0.626. The van der Waals surface area contributed by atoms with Crippen molar-refractivity contribution in [1.82, 2.24) is 5.32 Å². The Balaban J connectivity index is 1.68. The predicted octanol–water partition coefficient (Wildman–Crippen LogP) is 2.57. The highest BCUT2D eigenvalue weighted by atomic mass is 14.9. The summed E-state index contributed by atoms with van der Waals surface area (Å²) in [6, 6.07) is 9.61. The maximum Gasteiger partial charge on any atom is 0.00104 e. The van der Waals surface area contributed by atoms with Crippen LogP contribution >= 0.6 is 0 Å². The molecule has 0 aromatic heterocycles. The summed E-state index contributed by atoms with van der Waals surface area (Å²) in [6.45, 7) is 5.67. The fraction of sp³-hybridized carbons (Fsp3) is 0.571. The Kier molecular flexibility index (Phi) is 2.10. The van der Waals surface area contributed by atoms with E-state index in [0.717, 1.165) is 17.8 Å². The van der Waals surface area contributed by atoms with Crippen LogP contribution < -0.4 is 5.32 Å². The van der Waals surface area contributed by atoms with Gasteiger partial charge >= 0.3 is 0 Å². The molecule has 0 bridgehead atoms. The van der Waals surface area contributed by atoms with Crippen molar-refractivity contribution in [1.29, 1.82) is 0 Å². The van der Waals surface area contributed by atoms with Crippen LogP contribution in [0.5, 0.6) is 0 Å². The second-order valence-corrected chi connectivity index (χ2v) is 5.32. The van der Waals surface area contributed by atoms with Crippen molar-refractivity contribution in [3.63, 3.8) is 0 Å². The Morgan fingerprint density at radius 2 is 2.13 bits per heavy atom. The zero-order valence-corrected chi connectivity index (χ0v) is 9.53. The summed E-state index contributed by atoms with van der Waals surface area (Å²) in [4.78, 5) is 0. The van der Waals surface area contributed by atoms with Gasteiger partial charge in [0, 0.05) is 6.04 Å². The molecule has 1 heteroatoms. The van der Waals surface area contributed by atoms with Gasteiger partial charge in [0.05, 0.1) is 0 Å². The summed E-state index contributed by atoms with van der Waals surface area (Å²) in [5, 5.41) is 3.57. The Hall–Kier alpha value is -0.820. The summed E-state index contributed by atoms with van der Waals surface area (Å²) in [5.74, 6) is 2.75. The number of rotatable bonds is 3. The Morgan fingerprint density at radius 3 is 2.93 bits per heavy atom. The number of benzene rings is 1. The molecule has 0 radical (unpaired) electrons. The van der Waals surface area contributed by atoms with Crippen molar-refractivity contribution in [3.05, 3.63) is 35.4 Å². The van der Waals surface area contributed by atoms with Crippen LogP contribution in [-0.2, 0) is 6.42 Å². The second-order valence-electron chi connectivity index (χ2n) is 5.32. The molecule has 1 N–H and O–H groups in total. The van der Waals surface area contributed by atoms with Gasteiger partial charge in [0.25, 0.3) is 0 Å². The third-order valence-electron chi connectivity index (χ3n) is 3.96. The van der Waals surface area contributed by atoms with Crippen LogP contribution in [-0.4, -0.2) is 12.6 Å². The van der Waals surface area contributed by atoms with Crippen molar-refractivity contribution in [2.24, 2.45) is 11.8 Å². The Bertz CT molecular complexity index is 369. The molecule has 1 nitrogen and oxygen atoms in total. The molecule has 2 aliphatic rings. The van der Waals surface area contributed by atoms with Crippen LogP contribution in [0.15, 0.2) is 24.3 Å². The van der Waals surface area contributed by atoms with Crippen molar-refractivity contribution >= 4 is 0 Å². The molecule has 3 atom stereocenters. The average Bonchev–Trinajstić information content (AvgIpc) is 2.76. The van der Waals surface area contributed by atoms with E-state index in [1.54, 1.807) is 11.1 Å². The van der Waals surface area contributed by atoms with Gasteiger partial charge in [-0.1, -0.05) is 38.1 Å². The predicted molar refractivity (Wildman–Crippen MR) is 63.0 cm³/mol. The molecule has 1 aromatic carbocycles. The van der Waals surface area contributed by atoms with E-state index in [9.17, 15) is 0 Å². The summed E-state index contributed by atoms with van der Waals surface area (Å²) in [5.41, 5.74) is 3.24. The highest BCUT2D eigenvalue weighted by Gasteiger charge is 2.54. The molecule has 0 aliphatic heterocycles. The highest BCUT2D eigenvalue weighted by Crippen LogP contribution is 2.60. The third kappa shape index (κ3) is 1.50. The maximum absolute atomic E-state index is 3.57. The van der Waals surface area contributed by atoms with Crippen LogP contribution in [0.3, 0.4) is 0 Å².